The average Bonchev–Trinajstić information content (AvgIpc) is 3.72. The van der Waals surface area contributed by atoms with Gasteiger partial charge in [-0.15, -0.1) is 0 Å². The number of carbonyl (C=O) groups excluding carboxylic acids is 4. The lowest BCUT2D eigenvalue weighted by molar-refractivity contribution is -0.145. The molecule has 2 bridgehead atoms. The van der Waals surface area contributed by atoms with Gasteiger partial charge in [-0.05, 0) is 102 Å². The van der Waals surface area contributed by atoms with E-state index in [1.807, 2.05) is 44.9 Å². The van der Waals surface area contributed by atoms with Crippen molar-refractivity contribution in [2.45, 2.75) is 95.9 Å². The van der Waals surface area contributed by atoms with Crippen LogP contribution in [0.3, 0.4) is 0 Å². The Morgan fingerprint density at radius 3 is 2.16 bits per heavy atom. The number of aromatic amines is 2. The van der Waals surface area contributed by atoms with Crippen molar-refractivity contribution in [1.82, 2.24) is 40.4 Å². The van der Waals surface area contributed by atoms with Crippen LogP contribution >= 0.6 is 0 Å². The molecule has 3 saturated carbocycles. The van der Waals surface area contributed by atoms with Gasteiger partial charge in [0.25, 0.3) is 0 Å². The van der Waals surface area contributed by atoms with Crippen LogP contribution in [0.1, 0.15) is 90.0 Å². The minimum absolute atomic E-state index is 0.0474. The van der Waals surface area contributed by atoms with E-state index in [1.54, 1.807) is 0 Å². The molecule has 2 spiro atoms. The maximum absolute atomic E-state index is 14.5. The Bertz CT molecular complexity index is 2580. The number of piperidine rings is 1. The van der Waals surface area contributed by atoms with Crippen LogP contribution in [0, 0.1) is 29.1 Å². The van der Waals surface area contributed by atoms with Crippen molar-refractivity contribution < 1.29 is 28.7 Å². The summed E-state index contributed by atoms with van der Waals surface area (Å²) in [6.45, 7) is 8.34. The minimum atomic E-state index is -0.695. The van der Waals surface area contributed by atoms with Crippen LogP contribution in [0.15, 0.2) is 60.8 Å². The van der Waals surface area contributed by atoms with Crippen LogP contribution in [0.2, 0.25) is 0 Å². The van der Waals surface area contributed by atoms with Crippen molar-refractivity contribution in [2.24, 2.45) is 29.1 Å². The normalized spacial score (nSPS) is 26.9. The van der Waals surface area contributed by atoms with Gasteiger partial charge in [-0.2, -0.15) is 0 Å². The summed E-state index contributed by atoms with van der Waals surface area (Å²) in [4.78, 5) is 73.6. The summed E-state index contributed by atoms with van der Waals surface area (Å²) in [6, 6.07) is 17.2. The van der Waals surface area contributed by atoms with Crippen molar-refractivity contribution in [3.8, 4) is 22.4 Å². The van der Waals surface area contributed by atoms with Gasteiger partial charge >= 0.3 is 12.2 Å². The largest absolute Gasteiger partial charge is 0.453 e. The molecule has 2 saturated heterocycles. The molecular formula is C47H54N8O6. The topological polar surface area (TPSA) is 175 Å². The molecule has 5 aliphatic rings. The third-order valence-corrected chi connectivity index (χ3v) is 14.7. The van der Waals surface area contributed by atoms with Crippen molar-refractivity contribution in [3.63, 3.8) is 0 Å². The maximum atomic E-state index is 14.5. The van der Waals surface area contributed by atoms with E-state index in [0.717, 1.165) is 87.9 Å². The number of fused-ring (bicyclic) bond motifs is 4. The van der Waals surface area contributed by atoms with Gasteiger partial charge in [0, 0.05) is 17.5 Å². The summed E-state index contributed by atoms with van der Waals surface area (Å²) in [7, 11) is 2.62. The summed E-state index contributed by atoms with van der Waals surface area (Å²) in [5, 5.41) is 7.63. The van der Waals surface area contributed by atoms with Gasteiger partial charge in [0.2, 0.25) is 11.8 Å². The summed E-state index contributed by atoms with van der Waals surface area (Å²) in [5.74, 6) is 2.37. The highest BCUT2D eigenvalue weighted by Gasteiger charge is 2.83. The number of methoxy groups -OCH3 is 2. The Hall–Kier alpha value is -5.92. The molecule has 10 rings (SSSR count). The predicted molar refractivity (Wildman–Crippen MR) is 229 cm³/mol. The van der Waals surface area contributed by atoms with Gasteiger partial charge in [0.15, 0.2) is 0 Å². The Balaban J connectivity index is 0.880. The first kappa shape index (κ1) is 39.2. The summed E-state index contributed by atoms with van der Waals surface area (Å²) < 4.78 is 9.70. The number of imidazole rings is 2. The molecule has 61 heavy (non-hydrogen) atoms. The number of aromatic nitrogens is 4. The van der Waals surface area contributed by atoms with E-state index in [1.165, 1.54) is 20.6 Å². The van der Waals surface area contributed by atoms with E-state index in [9.17, 15) is 19.2 Å². The standard InChI is InChI=1S/C47H54N8O6/c1-24(2)37(52-44(58)60-5)42(56)54-17-7-8-35(54)41-49-33-16-14-29-18-28(13-15-30(29)39(33)51-41)26-9-11-27(12-10-26)34-22-48-40(50-34)36-21-46-19-31(46)32-20-47(32,23-46)55(36)43(57)38(25(3)4)53-45(59)61-6/h9-16,18,22,24-25,31-32,35-38H,7-8,17,19-21,23H2,1-6H3,(H,48,50)(H,49,51)(H,52,58)(H,53,59)/t31?,32-,35+,36-,37+,38+,46+,47-/m1/s1. The molecule has 3 aliphatic carbocycles. The molecule has 5 aromatic rings. The molecule has 14 nitrogen and oxygen atoms in total. The number of H-pyrrole nitrogens is 2. The van der Waals surface area contributed by atoms with Crippen molar-refractivity contribution in [2.75, 3.05) is 20.8 Å². The van der Waals surface area contributed by atoms with Crippen molar-refractivity contribution >= 4 is 45.8 Å². The number of benzene rings is 3. The first-order chi connectivity index (χ1) is 29.3. The SMILES string of the molecule is COC(=O)N[C@H](C(=O)N1CCC[C@H]1c1nc2c(ccc3cc(-c4ccc(-c5cnc([C@H]6C[C@]78CC7[C@H]7C[C@]7(C8)N6C(=O)[C@@H](NC(=O)OC)C(C)C)[nH]5)cc4)ccc32)[nH]1)C(C)C. The summed E-state index contributed by atoms with van der Waals surface area (Å²) in [6.07, 6.45) is 6.50. The van der Waals surface area contributed by atoms with E-state index in [-0.39, 0.29) is 41.3 Å². The van der Waals surface area contributed by atoms with Crippen LogP contribution in [0.4, 0.5) is 9.59 Å². The lowest BCUT2D eigenvalue weighted by Gasteiger charge is -2.46. The van der Waals surface area contributed by atoms with Gasteiger partial charge in [-0.1, -0.05) is 70.2 Å². The molecule has 4 heterocycles. The van der Waals surface area contributed by atoms with Gasteiger partial charge in [-0.3, -0.25) is 9.59 Å². The third-order valence-electron chi connectivity index (χ3n) is 14.7. The van der Waals surface area contributed by atoms with E-state index >= 15 is 0 Å². The lowest BCUT2D eigenvalue weighted by atomic mass is 9.82. The fourth-order valence-corrected chi connectivity index (χ4v) is 11.5. The Morgan fingerprint density at radius 1 is 0.770 bits per heavy atom. The highest BCUT2D eigenvalue weighted by molar-refractivity contribution is 6.05. The number of hydrogen-bond donors (Lipinski definition) is 4. The number of carbonyl (C=O) groups is 4. The second kappa shape index (κ2) is 14.3. The van der Waals surface area contributed by atoms with Crippen LogP contribution in [-0.2, 0) is 19.1 Å². The van der Waals surface area contributed by atoms with Gasteiger partial charge in [-0.25, -0.2) is 19.6 Å². The molecule has 318 valence electrons. The molecule has 8 atom stereocenters. The van der Waals surface area contributed by atoms with Crippen LogP contribution in [-0.4, -0.2) is 92.1 Å². The van der Waals surface area contributed by atoms with E-state index < -0.39 is 24.3 Å². The molecule has 0 radical (unpaired) electrons. The smallest absolute Gasteiger partial charge is 0.407 e. The fourth-order valence-electron chi connectivity index (χ4n) is 11.5. The van der Waals surface area contributed by atoms with E-state index in [4.69, 9.17) is 19.4 Å². The van der Waals surface area contributed by atoms with Crippen molar-refractivity contribution in [1.29, 1.82) is 0 Å². The number of hydrogen-bond acceptors (Lipinski definition) is 8. The molecule has 2 aliphatic heterocycles. The van der Waals surface area contributed by atoms with Crippen LogP contribution in [0.25, 0.3) is 44.2 Å². The quantitative estimate of drug-likeness (QED) is 0.111. The fraction of sp³-hybridized carbons (Fsp3) is 0.489. The van der Waals surface area contributed by atoms with Crippen LogP contribution in [0.5, 0.6) is 0 Å². The Morgan fingerprint density at radius 2 is 1.46 bits per heavy atom. The van der Waals surface area contributed by atoms with Crippen LogP contribution < -0.4 is 10.6 Å². The third kappa shape index (κ3) is 6.34. The number of likely N-dealkylation sites (tertiary alicyclic amines) is 2. The molecule has 1 unspecified atom stereocenters. The Labute approximate surface area is 354 Å². The number of ether oxygens (including phenoxy) is 2. The number of amides is 4. The minimum Gasteiger partial charge on any atom is -0.453 e. The second-order valence-corrected chi connectivity index (χ2v) is 18.9. The number of nitrogens with zero attached hydrogens (tertiary/aromatic N) is 4. The number of nitrogens with one attached hydrogen (secondary N) is 4. The molecule has 2 aromatic heterocycles. The van der Waals surface area contributed by atoms with Gasteiger partial charge in [0.1, 0.15) is 23.7 Å². The monoisotopic (exact) mass is 826 g/mol. The first-order valence-corrected chi connectivity index (χ1v) is 21.8. The predicted octanol–water partition coefficient (Wildman–Crippen LogP) is 7.64. The molecule has 14 heteroatoms. The highest BCUT2D eigenvalue weighted by Crippen LogP contribution is 2.85. The molecular weight excluding hydrogens is 773 g/mol. The maximum Gasteiger partial charge on any atom is 0.407 e. The first-order valence-electron chi connectivity index (χ1n) is 21.8. The number of alkyl carbamates (subject to hydrolysis) is 2. The zero-order valence-electron chi connectivity index (χ0n) is 35.6. The average molecular weight is 827 g/mol. The lowest BCUT2D eigenvalue weighted by Crippen LogP contribution is -2.58. The van der Waals surface area contributed by atoms with Crippen molar-refractivity contribution in [3.05, 3.63) is 72.4 Å². The Kier molecular flexibility index (Phi) is 9.22. The second-order valence-electron chi connectivity index (χ2n) is 18.9. The highest BCUT2D eigenvalue weighted by atomic mass is 16.5. The molecule has 3 aromatic carbocycles. The molecule has 5 fully saturated rings. The summed E-state index contributed by atoms with van der Waals surface area (Å²) >= 11 is 0. The van der Waals surface area contributed by atoms with E-state index in [0.29, 0.717) is 23.8 Å². The molecule has 4 amide bonds. The van der Waals surface area contributed by atoms with E-state index in [2.05, 4.69) is 74.0 Å². The van der Waals surface area contributed by atoms with Gasteiger partial charge in [0.05, 0.1) is 49.2 Å². The number of rotatable bonds is 10. The zero-order chi connectivity index (χ0) is 42.5. The van der Waals surface area contributed by atoms with Gasteiger partial charge < -0.3 is 39.9 Å². The molecule has 4 N–H and O–H groups in total. The summed E-state index contributed by atoms with van der Waals surface area (Å²) in [5.41, 5.74) is 5.97. The zero-order valence-corrected chi connectivity index (χ0v) is 35.6.